The zero-order valence-electron chi connectivity index (χ0n) is 16.5. The van der Waals surface area contributed by atoms with Crippen molar-refractivity contribution in [3.05, 3.63) is 71.3 Å². The van der Waals surface area contributed by atoms with Gasteiger partial charge in [-0.2, -0.15) is 0 Å². The van der Waals surface area contributed by atoms with Crippen LogP contribution in [0.15, 0.2) is 54.6 Å². The molecule has 148 valence electrons. The maximum atomic E-state index is 13.1. The number of carbonyl (C=O) groups is 2. The van der Waals surface area contributed by atoms with E-state index in [4.69, 9.17) is 5.73 Å². The Morgan fingerprint density at radius 3 is 2.50 bits per heavy atom. The van der Waals surface area contributed by atoms with Gasteiger partial charge < -0.3 is 15.5 Å². The molecule has 0 aromatic heterocycles. The van der Waals surface area contributed by atoms with Gasteiger partial charge in [-0.15, -0.1) is 0 Å². The van der Waals surface area contributed by atoms with E-state index >= 15 is 0 Å². The highest BCUT2D eigenvalue weighted by molar-refractivity contribution is 5.80. The van der Waals surface area contributed by atoms with Crippen molar-refractivity contribution in [3.63, 3.8) is 0 Å². The van der Waals surface area contributed by atoms with Crippen LogP contribution in [0.25, 0.3) is 0 Å². The van der Waals surface area contributed by atoms with Gasteiger partial charge in [-0.3, -0.25) is 9.59 Å². The quantitative estimate of drug-likeness (QED) is 0.804. The second-order valence-corrected chi connectivity index (χ2v) is 7.29. The number of benzene rings is 2. The number of fused-ring (bicyclic) bond motifs is 1. The van der Waals surface area contributed by atoms with Gasteiger partial charge in [0.15, 0.2) is 0 Å². The van der Waals surface area contributed by atoms with Gasteiger partial charge in [0.2, 0.25) is 11.8 Å². The summed E-state index contributed by atoms with van der Waals surface area (Å²) >= 11 is 0. The molecule has 3 rings (SSSR count). The van der Waals surface area contributed by atoms with Crippen LogP contribution < -0.4 is 5.73 Å². The molecule has 2 aromatic rings. The predicted octanol–water partition coefficient (Wildman–Crippen LogP) is 2.55. The third kappa shape index (κ3) is 4.78. The summed E-state index contributed by atoms with van der Waals surface area (Å²) in [4.78, 5) is 29.0. The minimum atomic E-state index is -0.202. The number of carbonyl (C=O) groups excluding carboxylic acids is 2. The van der Waals surface area contributed by atoms with E-state index in [1.807, 2.05) is 46.2 Å². The highest BCUT2D eigenvalue weighted by Crippen LogP contribution is 2.32. The monoisotopic (exact) mass is 379 g/mol. The van der Waals surface area contributed by atoms with E-state index in [1.54, 1.807) is 6.92 Å². The lowest BCUT2D eigenvalue weighted by atomic mass is 9.90. The largest absolute Gasteiger partial charge is 0.341 e. The van der Waals surface area contributed by atoms with Crippen molar-refractivity contribution in [2.45, 2.75) is 32.2 Å². The molecule has 0 spiro atoms. The SMILES string of the molecule is CC(=O)N1CCc2ccccc2C1CC(=O)N(CCN)CCc1ccccc1. The average molecular weight is 380 g/mol. The van der Waals surface area contributed by atoms with E-state index in [9.17, 15) is 9.59 Å². The lowest BCUT2D eigenvalue weighted by Crippen LogP contribution is -2.43. The van der Waals surface area contributed by atoms with Gasteiger partial charge in [0.1, 0.15) is 0 Å². The molecule has 2 aromatic carbocycles. The standard InChI is InChI=1S/C23H29N3O2/c1-18(27)26-15-12-20-9-5-6-10-21(20)22(26)17-23(28)25(16-13-24)14-11-19-7-3-2-4-8-19/h2-10,22H,11-17,24H2,1H3. The van der Waals surface area contributed by atoms with E-state index in [-0.39, 0.29) is 17.9 Å². The fourth-order valence-corrected chi connectivity index (χ4v) is 3.97. The van der Waals surface area contributed by atoms with Crippen molar-refractivity contribution < 1.29 is 9.59 Å². The summed E-state index contributed by atoms with van der Waals surface area (Å²) in [6, 6.07) is 18.1. The van der Waals surface area contributed by atoms with Crippen LogP contribution in [0, 0.1) is 0 Å². The average Bonchev–Trinajstić information content (AvgIpc) is 2.71. The molecule has 28 heavy (non-hydrogen) atoms. The Labute approximate surface area is 167 Å². The molecule has 0 saturated carbocycles. The molecule has 0 fully saturated rings. The Hall–Kier alpha value is -2.66. The van der Waals surface area contributed by atoms with Gasteiger partial charge in [0.05, 0.1) is 12.5 Å². The van der Waals surface area contributed by atoms with Gasteiger partial charge in [-0.25, -0.2) is 0 Å². The Morgan fingerprint density at radius 2 is 1.79 bits per heavy atom. The van der Waals surface area contributed by atoms with E-state index < -0.39 is 0 Å². The second-order valence-electron chi connectivity index (χ2n) is 7.29. The van der Waals surface area contributed by atoms with Crippen LogP contribution in [-0.2, 0) is 22.4 Å². The van der Waals surface area contributed by atoms with E-state index in [2.05, 4.69) is 18.2 Å². The summed E-state index contributed by atoms with van der Waals surface area (Å²) in [5, 5.41) is 0. The van der Waals surface area contributed by atoms with Crippen molar-refractivity contribution in [2.75, 3.05) is 26.2 Å². The first-order chi connectivity index (χ1) is 13.6. The van der Waals surface area contributed by atoms with E-state index in [1.165, 1.54) is 11.1 Å². The molecule has 1 aliphatic heterocycles. The van der Waals surface area contributed by atoms with Crippen LogP contribution in [0.1, 0.15) is 36.1 Å². The van der Waals surface area contributed by atoms with Crippen molar-refractivity contribution >= 4 is 11.8 Å². The molecule has 0 saturated heterocycles. The Kier molecular flexibility index (Phi) is 6.82. The summed E-state index contributed by atoms with van der Waals surface area (Å²) in [6.07, 6.45) is 1.93. The first-order valence-electron chi connectivity index (χ1n) is 9.97. The number of amides is 2. The van der Waals surface area contributed by atoms with Crippen molar-refractivity contribution in [1.82, 2.24) is 9.80 Å². The van der Waals surface area contributed by atoms with Crippen molar-refractivity contribution in [1.29, 1.82) is 0 Å². The summed E-state index contributed by atoms with van der Waals surface area (Å²) in [7, 11) is 0. The third-order valence-electron chi connectivity index (χ3n) is 5.45. The second kappa shape index (κ2) is 9.51. The highest BCUT2D eigenvalue weighted by atomic mass is 16.2. The Bertz CT molecular complexity index is 807. The molecule has 5 nitrogen and oxygen atoms in total. The minimum Gasteiger partial charge on any atom is -0.341 e. The molecule has 2 N–H and O–H groups in total. The zero-order chi connectivity index (χ0) is 19.9. The third-order valence-corrected chi connectivity index (χ3v) is 5.45. The molecule has 2 amide bonds. The number of nitrogens with two attached hydrogens (primary N) is 1. The maximum absolute atomic E-state index is 13.1. The molecule has 0 aliphatic carbocycles. The molecular formula is C23H29N3O2. The molecule has 1 atom stereocenters. The van der Waals surface area contributed by atoms with Gasteiger partial charge in [-0.1, -0.05) is 54.6 Å². The summed E-state index contributed by atoms with van der Waals surface area (Å²) in [5.74, 6) is 0.0660. The smallest absolute Gasteiger partial charge is 0.225 e. The predicted molar refractivity (Wildman–Crippen MR) is 111 cm³/mol. The maximum Gasteiger partial charge on any atom is 0.225 e. The lowest BCUT2D eigenvalue weighted by molar-refractivity contribution is -0.136. The van der Waals surface area contributed by atoms with E-state index in [0.717, 1.165) is 18.4 Å². The van der Waals surface area contributed by atoms with Crippen LogP contribution in [-0.4, -0.2) is 47.8 Å². The molecule has 0 bridgehead atoms. The Balaban J connectivity index is 1.74. The van der Waals surface area contributed by atoms with Gasteiger partial charge >= 0.3 is 0 Å². The molecule has 1 aliphatic rings. The first kappa shape index (κ1) is 20.1. The van der Waals surface area contributed by atoms with Crippen LogP contribution >= 0.6 is 0 Å². The summed E-state index contributed by atoms with van der Waals surface area (Å²) < 4.78 is 0. The Morgan fingerprint density at radius 1 is 1.07 bits per heavy atom. The fourth-order valence-electron chi connectivity index (χ4n) is 3.97. The number of hydrogen-bond donors (Lipinski definition) is 1. The number of nitrogens with zero attached hydrogens (tertiary/aromatic N) is 2. The van der Waals surface area contributed by atoms with Gasteiger partial charge in [0, 0.05) is 33.1 Å². The minimum absolute atomic E-state index is 0.0157. The molecule has 0 radical (unpaired) electrons. The molecular weight excluding hydrogens is 350 g/mol. The van der Waals surface area contributed by atoms with Gasteiger partial charge in [0.25, 0.3) is 0 Å². The van der Waals surface area contributed by atoms with Gasteiger partial charge in [-0.05, 0) is 29.5 Å². The zero-order valence-corrected chi connectivity index (χ0v) is 16.5. The first-order valence-corrected chi connectivity index (χ1v) is 9.97. The summed E-state index contributed by atoms with van der Waals surface area (Å²) in [6.45, 7) is 3.83. The van der Waals surface area contributed by atoms with Crippen molar-refractivity contribution in [3.8, 4) is 0 Å². The summed E-state index contributed by atoms with van der Waals surface area (Å²) in [5.41, 5.74) is 9.28. The van der Waals surface area contributed by atoms with E-state index in [0.29, 0.717) is 32.6 Å². The van der Waals surface area contributed by atoms with Crippen molar-refractivity contribution in [2.24, 2.45) is 5.73 Å². The number of hydrogen-bond acceptors (Lipinski definition) is 3. The highest BCUT2D eigenvalue weighted by Gasteiger charge is 2.31. The molecule has 1 unspecified atom stereocenters. The number of rotatable bonds is 7. The van der Waals surface area contributed by atoms with Crippen LogP contribution in [0.3, 0.4) is 0 Å². The lowest BCUT2D eigenvalue weighted by Gasteiger charge is -2.37. The molecule has 1 heterocycles. The van der Waals surface area contributed by atoms with Crippen LogP contribution in [0.4, 0.5) is 0 Å². The fraction of sp³-hybridized carbons (Fsp3) is 0.391. The molecule has 5 heteroatoms. The van der Waals surface area contributed by atoms with Crippen LogP contribution in [0.5, 0.6) is 0 Å². The topological polar surface area (TPSA) is 66.6 Å². The van der Waals surface area contributed by atoms with Crippen LogP contribution in [0.2, 0.25) is 0 Å². The normalized spacial score (nSPS) is 15.8.